The van der Waals surface area contributed by atoms with Gasteiger partial charge in [0.1, 0.15) is 0 Å². The van der Waals surface area contributed by atoms with Crippen LogP contribution in [0.25, 0.3) is 0 Å². The molecule has 0 saturated carbocycles. The maximum absolute atomic E-state index is 12.6. The molecule has 0 aliphatic carbocycles. The van der Waals surface area contributed by atoms with Crippen molar-refractivity contribution in [2.45, 2.75) is 38.7 Å². The van der Waals surface area contributed by atoms with Crippen molar-refractivity contribution < 1.29 is 26.3 Å². The summed E-state index contributed by atoms with van der Waals surface area (Å²) in [5.74, 6) is 1.35. The van der Waals surface area contributed by atoms with E-state index in [1.54, 1.807) is 19.3 Å². The van der Waals surface area contributed by atoms with Crippen LogP contribution in [-0.2, 0) is 6.42 Å². The first-order valence-electron chi connectivity index (χ1n) is 5.49. The summed E-state index contributed by atoms with van der Waals surface area (Å²) in [4.78, 5) is 4.67. The zero-order valence-electron chi connectivity index (χ0n) is 10.6. The molecule has 0 amide bonds. The Morgan fingerprint density at radius 2 is 1.65 bits per heavy atom. The van der Waals surface area contributed by atoms with Crippen molar-refractivity contribution >= 4 is 11.3 Å². The average molecular weight is 321 g/mol. The second kappa shape index (κ2) is 5.86. The number of aromatic nitrogens is 1. The Hall–Kier alpha value is -0.870. The predicted molar refractivity (Wildman–Crippen MR) is 62.0 cm³/mol. The molecule has 0 radical (unpaired) electrons. The van der Waals surface area contributed by atoms with Crippen LogP contribution in [-0.4, -0.2) is 23.4 Å². The zero-order valence-corrected chi connectivity index (χ0v) is 11.4. The zero-order chi connectivity index (χ0) is 15.7. The number of halogens is 6. The SMILES string of the molecule is Cc1nc(CC(NN)C(C(F)(F)F)C(F)(F)F)sc1C. The number of aryl methyl sites for hydroxylation is 2. The van der Waals surface area contributed by atoms with Gasteiger partial charge in [0.2, 0.25) is 0 Å². The van der Waals surface area contributed by atoms with E-state index < -0.39 is 30.7 Å². The third-order valence-corrected chi connectivity index (χ3v) is 3.88. The third-order valence-electron chi connectivity index (χ3n) is 2.79. The molecule has 3 nitrogen and oxygen atoms in total. The minimum Gasteiger partial charge on any atom is -0.271 e. The summed E-state index contributed by atoms with van der Waals surface area (Å²) in [7, 11) is 0. The van der Waals surface area contributed by atoms with Gasteiger partial charge in [-0.05, 0) is 13.8 Å². The van der Waals surface area contributed by atoms with Gasteiger partial charge in [0.25, 0.3) is 0 Å². The van der Waals surface area contributed by atoms with E-state index in [1.165, 1.54) is 0 Å². The van der Waals surface area contributed by atoms with Crippen LogP contribution in [0.15, 0.2) is 0 Å². The van der Waals surface area contributed by atoms with Crippen LogP contribution in [0, 0.1) is 19.8 Å². The summed E-state index contributed by atoms with van der Waals surface area (Å²) in [5.41, 5.74) is 2.20. The van der Waals surface area contributed by atoms with Crippen LogP contribution in [0.3, 0.4) is 0 Å². The third kappa shape index (κ3) is 4.06. The molecule has 1 atom stereocenters. The maximum Gasteiger partial charge on any atom is 0.402 e. The van der Waals surface area contributed by atoms with Gasteiger partial charge >= 0.3 is 12.4 Å². The summed E-state index contributed by atoms with van der Waals surface area (Å²) >= 11 is 1.06. The highest BCUT2D eigenvalue weighted by Crippen LogP contribution is 2.42. The Bertz CT molecular complexity index is 419. The fourth-order valence-electron chi connectivity index (χ4n) is 1.73. The second-order valence-electron chi connectivity index (χ2n) is 4.29. The number of nitrogens with zero attached hydrogens (tertiary/aromatic N) is 1. The van der Waals surface area contributed by atoms with Gasteiger partial charge in [-0.3, -0.25) is 11.3 Å². The highest BCUT2D eigenvalue weighted by molar-refractivity contribution is 7.11. The van der Waals surface area contributed by atoms with Crippen molar-refractivity contribution in [1.29, 1.82) is 0 Å². The first-order chi connectivity index (χ1) is 8.96. The predicted octanol–water partition coefficient (Wildman–Crippen LogP) is 2.88. The maximum atomic E-state index is 12.6. The molecular formula is C10H13F6N3S. The number of hydrogen-bond acceptors (Lipinski definition) is 4. The Balaban J connectivity index is 3.03. The van der Waals surface area contributed by atoms with Crippen molar-refractivity contribution in [1.82, 2.24) is 10.4 Å². The standard InChI is InChI=1S/C10H13F6N3S/c1-4-5(2)20-7(18-4)3-6(19-17)8(9(11,12)13)10(14,15)16/h6,8,19H,3,17H2,1-2H3. The molecule has 0 aromatic carbocycles. The molecule has 0 aliphatic heterocycles. The monoisotopic (exact) mass is 321 g/mol. The Morgan fingerprint density at radius 3 is 1.95 bits per heavy atom. The molecule has 1 heterocycles. The quantitative estimate of drug-likeness (QED) is 0.509. The molecule has 3 N–H and O–H groups in total. The lowest BCUT2D eigenvalue weighted by atomic mass is 9.96. The first kappa shape index (κ1) is 17.2. The van der Waals surface area contributed by atoms with Crippen molar-refractivity contribution in [3.8, 4) is 0 Å². The van der Waals surface area contributed by atoms with Crippen molar-refractivity contribution in [2.75, 3.05) is 0 Å². The largest absolute Gasteiger partial charge is 0.402 e. The molecule has 0 spiro atoms. The first-order valence-corrected chi connectivity index (χ1v) is 6.31. The topological polar surface area (TPSA) is 50.9 Å². The molecule has 20 heavy (non-hydrogen) atoms. The number of thiazole rings is 1. The van der Waals surface area contributed by atoms with Gasteiger partial charge < -0.3 is 0 Å². The Labute approximate surface area is 115 Å². The highest BCUT2D eigenvalue weighted by atomic mass is 32.1. The van der Waals surface area contributed by atoms with Crippen molar-refractivity contribution in [3.05, 3.63) is 15.6 Å². The molecule has 116 valence electrons. The second-order valence-corrected chi connectivity index (χ2v) is 5.58. The summed E-state index contributed by atoms with van der Waals surface area (Å²) < 4.78 is 75.6. The molecule has 0 saturated heterocycles. The number of nitrogens with one attached hydrogen (secondary N) is 1. The molecule has 0 aliphatic rings. The summed E-state index contributed by atoms with van der Waals surface area (Å²) in [6, 6.07) is -2.01. The van der Waals surface area contributed by atoms with E-state index in [-0.39, 0.29) is 5.01 Å². The van der Waals surface area contributed by atoms with Crippen LogP contribution in [0.5, 0.6) is 0 Å². The lowest BCUT2D eigenvalue weighted by molar-refractivity contribution is -0.291. The molecular weight excluding hydrogens is 308 g/mol. The Morgan fingerprint density at radius 1 is 1.15 bits per heavy atom. The van der Waals surface area contributed by atoms with E-state index in [4.69, 9.17) is 5.84 Å². The van der Waals surface area contributed by atoms with Crippen LogP contribution < -0.4 is 11.3 Å². The number of hydrazine groups is 1. The molecule has 10 heteroatoms. The summed E-state index contributed by atoms with van der Waals surface area (Å²) in [6.45, 7) is 3.32. The van der Waals surface area contributed by atoms with Gasteiger partial charge in [-0.2, -0.15) is 26.3 Å². The van der Waals surface area contributed by atoms with Gasteiger partial charge in [-0.25, -0.2) is 4.98 Å². The fraction of sp³-hybridized carbons (Fsp3) is 0.700. The summed E-state index contributed by atoms with van der Waals surface area (Å²) in [5, 5.41) is 0.182. The lowest BCUT2D eigenvalue weighted by Gasteiger charge is -2.29. The van der Waals surface area contributed by atoms with Crippen molar-refractivity contribution in [3.63, 3.8) is 0 Å². The molecule has 0 bridgehead atoms. The normalized spacial score (nSPS) is 14.9. The van der Waals surface area contributed by atoms with Gasteiger partial charge in [0.15, 0.2) is 5.92 Å². The van der Waals surface area contributed by atoms with E-state index in [9.17, 15) is 26.3 Å². The summed E-state index contributed by atoms with van der Waals surface area (Å²) in [6.07, 6.45) is -11.4. The van der Waals surface area contributed by atoms with Crippen LogP contribution in [0.1, 0.15) is 15.6 Å². The smallest absolute Gasteiger partial charge is 0.271 e. The average Bonchev–Trinajstić information content (AvgIpc) is 2.53. The number of alkyl halides is 6. The number of hydrogen-bond donors (Lipinski definition) is 2. The molecule has 1 unspecified atom stereocenters. The van der Waals surface area contributed by atoms with Gasteiger partial charge in [-0.15, -0.1) is 11.3 Å². The molecule has 1 aromatic rings. The number of rotatable bonds is 4. The lowest BCUT2D eigenvalue weighted by Crippen LogP contribution is -2.54. The molecule has 1 rings (SSSR count). The number of nitrogens with two attached hydrogens (primary N) is 1. The Kier molecular flexibility index (Phi) is 5.03. The molecule has 0 fully saturated rings. The van der Waals surface area contributed by atoms with Crippen LogP contribution in [0.4, 0.5) is 26.3 Å². The van der Waals surface area contributed by atoms with E-state index >= 15 is 0 Å². The van der Waals surface area contributed by atoms with E-state index in [1.807, 2.05) is 0 Å². The van der Waals surface area contributed by atoms with E-state index in [0.29, 0.717) is 5.69 Å². The minimum atomic E-state index is -5.43. The van der Waals surface area contributed by atoms with Crippen LogP contribution in [0.2, 0.25) is 0 Å². The minimum absolute atomic E-state index is 0.182. The van der Waals surface area contributed by atoms with Gasteiger partial charge in [0.05, 0.1) is 10.7 Å². The van der Waals surface area contributed by atoms with E-state index in [2.05, 4.69) is 4.98 Å². The fourth-order valence-corrected chi connectivity index (χ4v) is 2.72. The van der Waals surface area contributed by atoms with Crippen LogP contribution >= 0.6 is 11.3 Å². The van der Waals surface area contributed by atoms with Gasteiger partial charge in [0, 0.05) is 17.3 Å². The molecule has 1 aromatic heterocycles. The van der Waals surface area contributed by atoms with Gasteiger partial charge in [-0.1, -0.05) is 0 Å². The highest BCUT2D eigenvalue weighted by Gasteiger charge is 2.60. The van der Waals surface area contributed by atoms with E-state index in [0.717, 1.165) is 16.2 Å². The van der Waals surface area contributed by atoms with Crippen molar-refractivity contribution in [2.24, 2.45) is 11.8 Å².